The van der Waals surface area contributed by atoms with Gasteiger partial charge in [-0.05, 0) is 93.1 Å². The van der Waals surface area contributed by atoms with E-state index in [-0.39, 0.29) is 5.97 Å². The molecule has 0 saturated heterocycles. The van der Waals surface area contributed by atoms with Gasteiger partial charge in [-0.25, -0.2) is 4.79 Å². The lowest BCUT2D eigenvalue weighted by Gasteiger charge is -2.42. The number of aryl methyl sites for hydroxylation is 2. The molecule has 266 valence electrons. The number of benzene rings is 3. The van der Waals surface area contributed by atoms with Crippen LogP contribution >= 0.6 is 0 Å². The zero-order valence-corrected chi connectivity index (χ0v) is 31.1. The number of anilines is 3. The van der Waals surface area contributed by atoms with Crippen molar-refractivity contribution in [1.82, 2.24) is 4.98 Å². The van der Waals surface area contributed by atoms with Crippen LogP contribution in [0.15, 0.2) is 91.3 Å². The second kappa shape index (κ2) is 18.8. The summed E-state index contributed by atoms with van der Waals surface area (Å²) in [6.45, 7) is 10.7. The fraction of sp³-hybridized carbons (Fsp3) is 0.467. The van der Waals surface area contributed by atoms with Crippen molar-refractivity contribution in [3.05, 3.63) is 119 Å². The minimum Gasteiger partial charge on any atom is -0.426 e. The number of esters is 1. The number of cyclic esters (lactones) is 1. The first-order chi connectivity index (χ1) is 24.5. The molecule has 0 amide bonds. The topological polar surface area (TPSA) is 45.7 Å². The highest BCUT2D eigenvalue weighted by atomic mass is 16.6. The second-order valence-electron chi connectivity index (χ2n) is 13.9. The van der Waals surface area contributed by atoms with Gasteiger partial charge in [0.25, 0.3) is 0 Å². The Morgan fingerprint density at radius 2 is 1.06 bits per heavy atom. The van der Waals surface area contributed by atoms with Gasteiger partial charge in [-0.15, -0.1) is 0 Å². The van der Waals surface area contributed by atoms with Gasteiger partial charge in [-0.2, -0.15) is 0 Å². The van der Waals surface area contributed by atoms with Crippen LogP contribution < -0.4 is 9.80 Å². The summed E-state index contributed by atoms with van der Waals surface area (Å²) in [5, 5.41) is 0. The molecule has 1 aliphatic rings. The minimum absolute atomic E-state index is 0.334. The predicted octanol–water partition coefficient (Wildman–Crippen LogP) is 11.9. The third-order valence-electron chi connectivity index (χ3n) is 10.4. The summed E-state index contributed by atoms with van der Waals surface area (Å²) in [6, 6.07) is 28.1. The van der Waals surface area contributed by atoms with Crippen LogP contribution in [0.4, 0.5) is 17.1 Å². The number of unbranched alkanes of at least 4 members (excludes halogenated alkanes) is 10. The molecule has 0 bridgehead atoms. The maximum atomic E-state index is 13.7. The van der Waals surface area contributed by atoms with E-state index in [1.165, 1.54) is 88.2 Å². The summed E-state index contributed by atoms with van der Waals surface area (Å²) in [6.07, 6.45) is 21.0. The largest absolute Gasteiger partial charge is 0.426 e. The summed E-state index contributed by atoms with van der Waals surface area (Å²) in [5.74, 6) is -0.334. The van der Waals surface area contributed by atoms with Gasteiger partial charge >= 0.3 is 5.97 Å². The first-order valence-electron chi connectivity index (χ1n) is 19.6. The van der Waals surface area contributed by atoms with E-state index in [1.54, 1.807) is 12.3 Å². The van der Waals surface area contributed by atoms with Gasteiger partial charge in [-0.1, -0.05) is 114 Å². The highest BCUT2D eigenvalue weighted by Crippen LogP contribution is 2.50. The maximum absolute atomic E-state index is 13.7. The lowest BCUT2D eigenvalue weighted by molar-refractivity contribution is 0.0133. The molecule has 3 aromatic carbocycles. The lowest BCUT2D eigenvalue weighted by Crippen LogP contribution is -2.45. The molecule has 1 unspecified atom stereocenters. The zero-order chi connectivity index (χ0) is 35.2. The zero-order valence-electron chi connectivity index (χ0n) is 31.1. The fourth-order valence-electron chi connectivity index (χ4n) is 7.44. The van der Waals surface area contributed by atoms with Gasteiger partial charge < -0.3 is 9.64 Å². The summed E-state index contributed by atoms with van der Waals surface area (Å²) >= 11 is 0. The molecule has 0 aliphatic carbocycles. The standard InChI is InChI=1S/C45H59N3O2/c1-5-9-11-13-15-17-19-36-21-27-40(28-22-36)48(41-29-23-37(24-30-41)20-18-16-14-12-10-6-2)45(43-35-46-34-33-42(43)44(49)50-45)38-25-31-39(32-26-38)47(7-3)8-4/h21-35H,5-20H2,1-4H3. The summed E-state index contributed by atoms with van der Waals surface area (Å²) in [5.41, 5.74) is 6.73. The molecular weight excluding hydrogens is 615 g/mol. The van der Waals surface area contributed by atoms with E-state index < -0.39 is 5.72 Å². The molecule has 50 heavy (non-hydrogen) atoms. The molecule has 1 aliphatic heterocycles. The van der Waals surface area contributed by atoms with E-state index in [0.717, 1.165) is 54.1 Å². The fourth-order valence-corrected chi connectivity index (χ4v) is 7.44. The Kier molecular flexibility index (Phi) is 13.9. The predicted molar refractivity (Wildman–Crippen MR) is 210 cm³/mol. The first-order valence-corrected chi connectivity index (χ1v) is 19.6. The average Bonchev–Trinajstić information content (AvgIpc) is 3.45. The molecule has 0 radical (unpaired) electrons. The Balaban J connectivity index is 1.53. The maximum Gasteiger partial charge on any atom is 0.341 e. The highest BCUT2D eigenvalue weighted by molar-refractivity contribution is 5.96. The number of nitrogens with zero attached hydrogens (tertiary/aromatic N) is 3. The number of carbonyl (C=O) groups is 1. The molecule has 0 N–H and O–H groups in total. The van der Waals surface area contributed by atoms with Crippen LogP contribution in [0, 0.1) is 0 Å². The van der Waals surface area contributed by atoms with Gasteiger partial charge in [0, 0.05) is 48.1 Å². The Morgan fingerprint density at radius 3 is 1.56 bits per heavy atom. The quantitative estimate of drug-likeness (QED) is 0.0651. The number of rotatable bonds is 21. The first kappa shape index (κ1) is 37.1. The Morgan fingerprint density at radius 1 is 0.580 bits per heavy atom. The van der Waals surface area contributed by atoms with Gasteiger partial charge in [0.1, 0.15) is 0 Å². The third kappa shape index (κ3) is 8.78. The normalized spacial score (nSPS) is 15.2. The highest BCUT2D eigenvalue weighted by Gasteiger charge is 2.53. The molecule has 0 saturated carbocycles. The van der Waals surface area contributed by atoms with E-state index in [1.807, 2.05) is 6.20 Å². The Labute approximate surface area is 302 Å². The SMILES string of the molecule is CCCCCCCCc1ccc(N(c2ccc(CCCCCCCC)cc2)C2(c3ccc(N(CC)CC)cc3)OC(=O)c3ccncc32)cc1. The van der Waals surface area contributed by atoms with Crippen LogP contribution in [-0.2, 0) is 23.3 Å². The van der Waals surface area contributed by atoms with Crippen LogP contribution in [-0.4, -0.2) is 24.0 Å². The van der Waals surface area contributed by atoms with Crippen molar-refractivity contribution in [3.63, 3.8) is 0 Å². The third-order valence-corrected chi connectivity index (χ3v) is 10.4. The Bertz CT molecular complexity index is 1540. The van der Waals surface area contributed by atoms with Gasteiger partial charge in [0.15, 0.2) is 0 Å². The van der Waals surface area contributed by atoms with Crippen molar-refractivity contribution >= 4 is 23.0 Å². The number of aromatic nitrogens is 1. The molecule has 5 rings (SSSR count). The number of carbonyl (C=O) groups excluding carboxylic acids is 1. The summed E-state index contributed by atoms with van der Waals surface area (Å²) < 4.78 is 6.65. The molecule has 1 aromatic heterocycles. The van der Waals surface area contributed by atoms with E-state index >= 15 is 0 Å². The van der Waals surface area contributed by atoms with Gasteiger partial charge in [-0.3, -0.25) is 9.88 Å². The average molecular weight is 674 g/mol. The van der Waals surface area contributed by atoms with Crippen LogP contribution in [0.25, 0.3) is 0 Å². The minimum atomic E-state index is -1.23. The summed E-state index contributed by atoms with van der Waals surface area (Å²) in [7, 11) is 0. The molecule has 1 atom stereocenters. The van der Waals surface area contributed by atoms with E-state index in [4.69, 9.17) is 4.74 Å². The van der Waals surface area contributed by atoms with E-state index in [0.29, 0.717) is 5.56 Å². The van der Waals surface area contributed by atoms with Crippen molar-refractivity contribution in [2.75, 3.05) is 22.9 Å². The number of pyridine rings is 1. The molecule has 0 spiro atoms. The molecule has 5 heteroatoms. The van der Waals surface area contributed by atoms with Crippen molar-refractivity contribution < 1.29 is 9.53 Å². The van der Waals surface area contributed by atoms with Crippen LogP contribution in [0.5, 0.6) is 0 Å². The van der Waals surface area contributed by atoms with E-state index in [2.05, 4.69) is 115 Å². The van der Waals surface area contributed by atoms with Crippen LogP contribution in [0.1, 0.15) is 137 Å². The molecule has 0 fully saturated rings. The molecular formula is C45H59N3O2. The second-order valence-corrected chi connectivity index (χ2v) is 13.9. The number of hydrogen-bond donors (Lipinski definition) is 0. The molecule has 5 nitrogen and oxygen atoms in total. The molecule has 4 aromatic rings. The monoisotopic (exact) mass is 673 g/mol. The van der Waals surface area contributed by atoms with Gasteiger partial charge in [0.2, 0.25) is 5.72 Å². The summed E-state index contributed by atoms with van der Waals surface area (Å²) in [4.78, 5) is 22.8. The van der Waals surface area contributed by atoms with Crippen molar-refractivity contribution in [2.24, 2.45) is 0 Å². The van der Waals surface area contributed by atoms with Crippen molar-refractivity contribution in [3.8, 4) is 0 Å². The number of fused-ring (bicyclic) bond motifs is 1. The van der Waals surface area contributed by atoms with Gasteiger partial charge in [0.05, 0.1) is 11.1 Å². The van der Waals surface area contributed by atoms with Crippen LogP contribution in [0.2, 0.25) is 0 Å². The van der Waals surface area contributed by atoms with Crippen molar-refractivity contribution in [1.29, 1.82) is 0 Å². The van der Waals surface area contributed by atoms with Crippen molar-refractivity contribution in [2.45, 2.75) is 123 Å². The molecule has 2 heterocycles. The Hall–Kier alpha value is -4.12. The lowest BCUT2D eigenvalue weighted by atomic mass is 9.90. The number of hydrogen-bond acceptors (Lipinski definition) is 5. The smallest absolute Gasteiger partial charge is 0.341 e. The number of ether oxygens (including phenoxy) is 1. The van der Waals surface area contributed by atoms with E-state index in [9.17, 15) is 4.79 Å². The van der Waals surface area contributed by atoms with Crippen LogP contribution in [0.3, 0.4) is 0 Å².